The summed E-state index contributed by atoms with van der Waals surface area (Å²) in [6.45, 7) is 3.37. The van der Waals surface area contributed by atoms with Crippen molar-refractivity contribution in [3.63, 3.8) is 0 Å². The molecule has 1 aliphatic rings. The van der Waals surface area contributed by atoms with Crippen LogP contribution in [0.25, 0.3) is 0 Å². The third kappa shape index (κ3) is 3.81. The lowest BCUT2D eigenvalue weighted by molar-refractivity contribution is -0.125. The molecule has 0 saturated carbocycles. The fourth-order valence-corrected chi connectivity index (χ4v) is 2.01. The molecule has 0 bridgehead atoms. The molecule has 0 aromatic carbocycles. The number of amides is 2. The lowest BCUT2D eigenvalue weighted by Gasteiger charge is -2.17. The Morgan fingerprint density at radius 2 is 2.33 bits per heavy atom. The van der Waals surface area contributed by atoms with Crippen LogP contribution in [0.15, 0.2) is 0 Å². The van der Waals surface area contributed by atoms with Crippen molar-refractivity contribution in [3.8, 4) is 0 Å². The summed E-state index contributed by atoms with van der Waals surface area (Å²) in [6.07, 6.45) is 0.313. The molecule has 0 aromatic rings. The molecule has 1 atom stereocenters. The Morgan fingerprint density at radius 3 is 2.87 bits per heavy atom. The number of nitrogens with zero attached hydrogens (tertiary/aromatic N) is 1. The Kier molecular flexibility index (Phi) is 5.07. The third-order valence-electron chi connectivity index (χ3n) is 2.04. The Bertz CT molecular complexity index is 232. The summed E-state index contributed by atoms with van der Waals surface area (Å²) in [4.78, 5) is 23.5. The molecular weight excluding hydrogens is 216 g/mol. The van der Waals surface area contributed by atoms with Gasteiger partial charge in [-0.1, -0.05) is 18.7 Å². The summed E-state index contributed by atoms with van der Waals surface area (Å²) in [5.74, 6) is -0.00643. The van der Waals surface area contributed by atoms with Gasteiger partial charge in [0.15, 0.2) is 0 Å². The number of carbonyl (C=O) groups excluding carboxylic acids is 2. The first-order valence-electron chi connectivity index (χ1n) is 5.01. The molecule has 1 unspecified atom stereocenters. The van der Waals surface area contributed by atoms with Crippen LogP contribution >= 0.6 is 11.8 Å². The van der Waals surface area contributed by atoms with Gasteiger partial charge in [-0.05, 0) is 13.0 Å². The Morgan fingerprint density at radius 1 is 1.60 bits per heavy atom. The minimum atomic E-state index is -0.678. The van der Waals surface area contributed by atoms with Gasteiger partial charge in [-0.3, -0.25) is 14.5 Å². The van der Waals surface area contributed by atoms with Gasteiger partial charge in [0.1, 0.15) is 0 Å². The SMILES string of the molecule is CCCNCC(O)CN1C(=O)CSC1=O. The average Bonchev–Trinajstić information content (AvgIpc) is 2.50. The predicted molar refractivity (Wildman–Crippen MR) is 58.7 cm³/mol. The van der Waals surface area contributed by atoms with Crippen molar-refractivity contribution in [1.82, 2.24) is 10.2 Å². The molecule has 0 aromatic heterocycles. The fraction of sp³-hybridized carbons (Fsp3) is 0.778. The maximum absolute atomic E-state index is 11.2. The van der Waals surface area contributed by atoms with Gasteiger partial charge in [0.2, 0.25) is 5.91 Å². The minimum absolute atomic E-state index is 0.0986. The summed E-state index contributed by atoms with van der Waals surface area (Å²) >= 11 is 0.990. The molecule has 1 saturated heterocycles. The van der Waals surface area contributed by atoms with Crippen LogP contribution in [0.3, 0.4) is 0 Å². The van der Waals surface area contributed by atoms with Crippen LogP contribution in [0.1, 0.15) is 13.3 Å². The number of imide groups is 1. The molecule has 1 fully saturated rings. The normalized spacial score (nSPS) is 18.7. The van der Waals surface area contributed by atoms with E-state index in [1.807, 2.05) is 6.92 Å². The van der Waals surface area contributed by atoms with Crippen molar-refractivity contribution in [1.29, 1.82) is 0 Å². The lowest BCUT2D eigenvalue weighted by Crippen LogP contribution is -2.40. The average molecular weight is 232 g/mol. The van der Waals surface area contributed by atoms with Gasteiger partial charge in [0.05, 0.1) is 18.4 Å². The van der Waals surface area contributed by atoms with E-state index in [-0.39, 0.29) is 23.4 Å². The topological polar surface area (TPSA) is 69.6 Å². The van der Waals surface area contributed by atoms with Gasteiger partial charge in [-0.25, -0.2) is 0 Å². The zero-order valence-corrected chi connectivity index (χ0v) is 9.55. The highest BCUT2D eigenvalue weighted by atomic mass is 32.2. The van der Waals surface area contributed by atoms with Crippen LogP contribution in [0.5, 0.6) is 0 Å². The van der Waals surface area contributed by atoms with Gasteiger partial charge < -0.3 is 10.4 Å². The van der Waals surface area contributed by atoms with E-state index < -0.39 is 6.10 Å². The number of hydrogen-bond donors (Lipinski definition) is 2. The largest absolute Gasteiger partial charge is 0.390 e. The third-order valence-corrected chi connectivity index (χ3v) is 2.90. The molecule has 1 rings (SSSR count). The quantitative estimate of drug-likeness (QED) is 0.633. The number of aliphatic hydroxyl groups excluding tert-OH is 1. The number of aliphatic hydroxyl groups is 1. The molecule has 86 valence electrons. The summed E-state index contributed by atoms with van der Waals surface area (Å²) in [6, 6.07) is 0. The van der Waals surface area contributed by atoms with E-state index in [9.17, 15) is 14.7 Å². The molecule has 2 amide bonds. The molecule has 15 heavy (non-hydrogen) atoms. The molecule has 2 N–H and O–H groups in total. The smallest absolute Gasteiger partial charge is 0.288 e. The van der Waals surface area contributed by atoms with Gasteiger partial charge >= 0.3 is 0 Å². The standard InChI is InChI=1S/C9H16N2O3S/c1-2-3-10-4-7(12)5-11-8(13)6-15-9(11)14/h7,10,12H,2-6H2,1H3. The molecular formula is C9H16N2O3S. The number of nitrogens with one attached hydrogen (secondary N) is 1. The second-order valence-electron chi connectivity index (χ2n) is 3.42. The van der Waals surface area contributed by atoms with Gasteiger partial charge in [0.25, 0.3) is 5.24 Å². The number of hydrogen-bond acceptors (Lipinski definition) is 5. The second-order valence-corrected chi connectivity index (χ2v) is 4.34. The van der Waals surface area contributed by atoms with Crippen LogP contribution in [0.2, 0.25) is 0 Å². The molecule has 0 spiro atoms. The number of carbonyl (C=O) groups is 2. The van der Waals surface area contributed by atoms with Gasteiger partial charge in [-0.15, -0.1) is 0 Å². The van der Waals surface area contributed by atoms with Crippen molar-refractivity contribution in [2.24, 2.45) is 0 Å². The first kappa shape index (κ1) is 12.5. The highest BCUT2D eigenvalue weighted by molar-refractivity contribution is 8.14. The van der Waals surface area contributed by atoms with Crippen molar-refractivity contribution < 1.29 is 14.7 Å². The molecule has 5 nitrogen and oxygen atoms in total. The highest BCUT2D eigenvalue weighted by Crippen LogP contribution is 2.18. The van der Waals surface area contributed by atoms with E-state index in [0.29, 0.717) is 6.54 Å². The zero-order chi connectivity index (χ0) is 11.3. The Labute approximate surface area is 93.2 Å². The molecule has 1 aliphatic heterocycles. The summed E-state index contributed by atoms with van der Waals surface area (Å²) in [7, 11) is 0. The lowest BCUT2D eigenvalue weighted by atomic mass is 10.3. The highest BCUT2D eigenvalue weighted by Gasteiger charge is 2.31. The first-order chi connectivity index (χ1) is 7.15. The van der Waals surface area contributed by atoms with Crippen molar-refractivity contribution >= 4 is 22.9 Å². The molecule has 6 heteroatoms. The van der Waals surface area contributed by atoms with Crippen LogP contribution in [0, 0.1) is 0 Å². The van der Waals surface area contributed by atoms with Crippen LogP contribution in [0.4, 0.5) is 4.79 Å². The van der Waals surface area contributed by atoms with E-state index in [1.54, 1.807) is 0 Å². The van der Waals surface area contributed by atoms with E-state index in [4.69, 9.17) is 0 Å². The van der Waals surface area contributed by atoms with Gasteiger partial charge in [-0.2, -0.15) is 0 Å². The molecule has 0 aliphatic carbocycles. The van der Waals surface area contributed by atoms with E-state index >= 15 is 0 Å². The monoisotopic (exact) mass is 232 g/mol. The second kappa shape index (κ2) is 6.09. The first-order valence-corrected chi connectivity index (χ1v) is 5.99. The Balaban J connectivity index is 2.27. The van der Waals surface area contributed by atoms with E-state index in [0.717, 1.165) is 29.6 Å². The van der Waals surface area contributed by atoms with Crippen LogP contribution in [-0.4, -0.2) is 52.6 Å². The fourth-order valence-electron chi connectivity index (χ4n) is 1.28. The molecule has 1 heterocycles. The number of rotatable bonds is 6. The minimum Gasteiger partial charge on any atom is -0.390 e. The summed E-state index contributed by atoms with van der Waals surface area (Å²) < 4.78 is 0. The number of β-amino-alcohol motifs (C(OH)–C–C–N with tert-alkyl or cyclic N) is 1. The summed E-state index contributed by atoms with van der Waals surface area (Å²) in [5, 5.41) is 12.3. The van der Waals surface area contributed by atoms with Crippen molar-refractivity contribution in [2.45, 2.75) is 19.4 Å². The predicted octanol–water partition coefficient (Wildman–Crippen LogP) is 0.0423. The Hall–Kier alpha value is -0.590. The summed E-state index contributed by atoms with van der Waals surface area (Å²) in [5.41, 5.74) is 0. The maximum Gasteiger partial charge on any atom is 0.288 e. The van der Waals surface area contributed by atoms with Crippen LogP contribution < -0.4 is 5.32 Å². The van der Waals surface area contributed by atoms with Crippen LogP contribution in [-0.2, 0) is 4.79 Å². The number of thioether (sulfide) groups is 1. The van der Waals surface area contributed by atoms with Crippen molar-refractivity contribution in [3.05, 3.63) is 0 Å². The zero-order valence-electron chi connectivity index (χ0n) is 8.73. The van der Waals surface area contributed by atoms with Gasteiger partial charge in [0, 0.05) is 6.54 Å². The van der Waals surface area contributed by atoms with Crippen molar-refractivity contribution in [2.75, 3.05) is 25.4 Å². The van der Waals surface area contributed by atoms with E-state index in [1.165, 1.54) is 0 Å². The van der Waals surface area contributed by atoms with E-state index in [2.05, 4.69) is 5.32 Å². The molecule has 0 radical (unpaired) electrons. The maximum atomic E-state index is 11.2.